The number of hydrogen-bond donors (Lipinski definition) is 2. The van der Waals surface area contributed by atoms with E-state index in [9.17, 15) is 0 Å². The zero-order chi connectivity index (χ0) is 17.4. The first-order valence-electron chi connectivity index (χ1n) is 7.59. The Kier molecular flexibility index (Phi) is 6.69. The number of anilines is 1. The van der Waals surface area contributed by atoms with Crippen LogP contribution >= 0.6 is 12.2 Å². The van der Waals surface area contributed by atoms with Crippen LogP contribution in [0.3, 0.4) is 0 Å². The molecule has 2 aromatic carbocycles. The van der Waals surface area contributed by atoms with Gasteiger partial charge in [0.05, 0.1) is 20.3 Å². The molecule has 0 saturated heterocycles. The van der Waals surface area contributed by atoms with Crippen LogP contribution in [0.5, 0.6) is 17.2 Å². The van der Waals surface area contributed by atoms with Crippen molar-refractivity contribution < 1.29 is 14.2 Å². The van der Waals surface area contributed by atoms with Crippen LogP contribution in [0, 0.1) is 0 Å². The molecular formula is C18H22N2O3S. The minimum atomic E-state index is 0.0605. The SMILES string of the molecule is COc1ccc(NC(=S)NC(C)COc2ccc(OC)cc2)cc1. The maximum Gasteiger partial charge on any atom is 0.171 e. The molecule has 2 rings (SSSR count). The molecule has 5 nitrogen and oxygen atoms in total. The summed E-state index contributed by atoms with van der Waals surface area (Å²) in [6.07, 6.45) is 0. The third kappa shape index (κ3) is 5.62. The van der Waals surface area contributed by atoms with Crippen molar-refractivity contribution in [3.8, 4) is 17.2 Å². The molecule has 0 aromatic heterocycles. The fraction of sp³-hybridized carbons (Fsp3) is 0.278. The molecule has 1 unspecified atom stereocenters. The number of nitrogens with one attached hydrogen (secondary N) is 2. The Labute approximate surface area is 147 Å². The highest BCUT2D eigenvalue weighted by atomic mass is 32.1. The fourth-order valence-electron chi connectivity index (χ4n) is 2.00. The van der Waals surface area contributed by atoms with Gasteiger partial charge in [0.15, 0.2) is 5.11 Å². The predicted molar refractivity (Wildman–Crippen MR) is 100 cm³/mol. The molecule has 6 heteroatoms. The smallest absolute Gasteiger partial charge is 0.171 e. The minimum absolute atomic E-state index is 0.0605. The fourth-order valence-corrected chi connectivity index (χ4v) is 2.32. The molecule has 24 heavy (non-hydrogen) atoms. The van der Waals surface area contributed by atoms with E-state index in [0.29, 0.717) is 11.7 Å². The quantitative estimate of drug-likeness (QED) is 0.749. The number of methoxy groups -OCH3 is 2. The lowest BCUT2D eigenvalue weighted by Gasteiger charge is -2.18. The van der Waals surface area contributed by atoms with E-state index in [4.69, 9.17) is 26.4 Å². The maximum atomic E-state index is 5.73. The van der Waals surface area contributed by atoms with Crippen molar-refractivity contribution in [3.63, 3.8) is 0 Å². The summed E-state index contributed by atoms with van der Waals surface area (Å²) in [5, 5.41) is 6.87. The molecule has 128 valence electrons. The van der Waals surface area contributed by atoms with Gasteiger partial charge in [-0.05, 0) is 67.7 Å². The van der Waals surface area contributed by atoms with Crippen LogP contribution in [-0.2, 0) is 0 Å². The molecule has 0 amide bonds. The van der Waals surface area contributed by atoms with Gasteiger partial charge < -0.3 is 24.8 Å². The van der Waals surface area contributed by atoms with Gasteiger partial charge in [-0.15, -0.1) is 0 Å². The monoisotopic (exact) mass is 346 g/mol. The molecule has 2 aromatic rings. The van der Waals surface area contributed by atoms with Gasteiger partial charge in [-0.2, -0.15) is 0 Å². The molecule has 2 N–H and O–H groups in total. The van der Waals surface area contributed by atoms with Crippen molar-refractivity contribution >= 4 is 23.0 Å². The highest BCUT2D eigenvalue weighted by molar-refractivity contribution is 7.80. The third-order valence-electron chi connectivity index (χ3n) is 3.28. The van der Waals surface area contributed by atoms with Crippen LogP contribution in [0.15, 0.2) is 48.5 Å². The van der Waals surface area contributed by atoms with Crippen LogP contribution < -0.4 is 24.8 Å². The van der Waals surface area contributed by atoms with Crippen LogP contribution in [0.1, 0.15) is 6.92 Å². The summed E-state index contributed by atoms with van der Waals surface area (Å²) in [6.45, 7) is 2.50. The zero-order valence-corrected chi connectivity index (χ0v) is 14.9. The minimum Gasteiger partial charge on any atom is -0.497 e. The second-order valence-electron chi connectivity index (χ2n) is 5.21. The Morgan fingerprint density at radius 3 is 1.96 bits per heavy atom. The summed E-state index contributed by atoms with van der Waals surface area (Å²) in [6, 6.07) is 15.1. The van der Waals surface area contributed by atoms with Gasteiger partial charge in [-0.1, -0.05) is 0 Å². The Balaban J connectivity index is 1.75. The average molecular weight is 346 g/mol. The number of ether oxygens (including phenoxy) is 3. The normalized spacial score (nSPS) is 11.3. The average Bonchev–Trinajstić information content (AvgIpc) is 2.61. The van der Waals surface area contributed by atoms with Crippen LogP contribution in [0.25, 0.3) is 0 Å². The summed E-state index contributed by atoms with van der Waals surface area (Å²) < 4.78 is 16.0. The van der Waals surface area contributed by atoms with Gasteiger partial charge in [0.2, 0.25) is 0 Å². The molecule has 0 aliphatic rings. The molecule has 0 aliphatic heterocycles. The van der Waals surface area contributed by atoms with E-state index in [-0.39, 0.29) is 6.04 Å². The largest absolute Gasteiger partial charge is 0.497 e. The molecule has 0 radical (unpaired) electrons. The first-order valence-corrected chi connectivity index (χ1v) is 8.00. The molecule has 0 aliphatic carbocycles. The molecule has 0 saturated carbocycles. The van der Waals surface area contributed by atoms with E-state index in [1.165, 1.54) is 0 Å². The summed E-state index contributed by atoms with van der Waals surface area (Å²) >= 11 is 5.31. The number of hydrogen-bond acceptors (Lipinski definition) is 4. The summed E-state index contributed by atoms with van der Waals surface area (Å²) in [5.41, 5.74) is 0.900. The first-order chi connectivity index (χ1) is 11.6. The Hall–Kier alpha value is -2.47. The van der Waals surface area contributed by atoms with Crippen LogP contribution in [0.4, 0.5) is 5.69 Å². The molecule has 0 fully saturated rings. The third-order valence-corrected chi connectivity index (χ3v) is 3.50. The molecular weight excluding hydrogens is 324 g/mol. The Morgan fingerprint density at radius 2 is 1.42 bits per heavy atom. The zero-order valence-electron chi connectivity index (χ0n) is 14.0. The standard InChI is InChI=1S/C18H22N2O3S/c1-13(12-23-17-10-8-16(22-3)9-11-17)19-18(24)20-14-4-6-15(21-2)7-5-14/h4-11,13H,12H2,1-3H3,(H2,19,20,24). The number of thiocarbonyl (C=S) groups is 1. The maximum absolute atomic E-state index is 5.73. The van der Waals surface area contributed by atoms with Crippen molar-refractivity contribution in [1.29, 1.82) is 0 Å². The first kappa shape index (κ1) is 17.9. The van der Waals surface area contributed by atoms with Gasteiger partial charge in [0.25, 0.3) is 0 Å². The topological polar surface area (TPSA) is 51.8 Å². The molecule has 1 atom stereocenters. The van der Waals surface area contributed by atoms with Crippen molar-refractivity contribution in [2.45, 2.75) is 13.0 Å². The molecule has 0 heterocycles. The second kappa shape index (κ2) is 8.98. The van der Waals surface area contributed by atoms with Crippen molar-refractivity contribution in [2.75, 3.05) is 26.1 Å². The second-order valence-corrected chi connectivity index (χ2v) is 5.62. The summed E-state index contributed by atoms with van der Waals surface area (Å²) in [7, 11) is 3.28. The van der Waals surface area contributed by atoms with E-state index in [0.717, 1.165) is 22.9 Å². The van der Waals surface area contributed by atoms with Gasteiger partial charge in [0.1, 0.15) is 23.9 Å². The van der Waals surface area contributed by atoms with Gasteiger partial charge in [-0.3, -0.25) is 0 Å². The highest BCUT2D eigenvalue weighted by Gasteiger charge is 2.06. The summed E-state index contributed by atoms with van der Waals surface area (Å²) in [4.78, 5) is 0. The highest BCUT2D eigenvalue weighted by Crippen LogP contribution is 2.17. The Morgan fingerprint density at radius 1 is 0.917 bits per heavy atom. The van der Waals surface area contributed by atoms with Gasteiger partial charge >= 0.3 is 0 Å². The Bertz CT molecular complexity index is 644. The number of benzene rings is 2. The molecule has 0 spiro atoms. The van der Waals surface area contributed by atoms with Crippen LogP contribution in [-0.4, -0.2) is 32.0 Å². The van der Waals surface area contributed by atoms with E-state index in [1.807, 2.05) is 55.5 Å². The van der Waals surface area contributed by atoms with E-state index in [1.54, 1.807) is 14.2 Å². The predicted octanol–water partition coefficient (Wildman–Crippen LogP) is 3.46. The van der Waals surface area contributed by atoms with E-state index >= 15 is 0 Å². The van der Waals surface area contributed by atoms with Crippen molar-refractivity contribution in [2.24, 2.45) is 0 Å². The van der Waals surface area contributed by atoms with Crippen LogP contribution in [0.2, 0.25) is 0 Å². The summed E-state index contributed by atoms with van der Waals surface area (Å²) in [5.74, 6) is 2.40. The van der Waals surface area contributed by atoms with Crippen molar-refractivity contribution in [1.82, 2.24) is 5.32 Å². The van der Waals surface area contributed by atoms with Gasteiger partial charge in [0, 0.05) is 5.69 Å². The van der Waals surface area contributed by atoms with Gasteiger partial charge in [-0.25, -0.2) is 0 Å². The lowest BCUT2D eigenvalue weighted by Crippen LogP contribution is -2.39. The van der Waals surface area contributed by atoms with Crippen molar-refractivity contribution in [3.05, 3.63) is 48.5 Å². The van der Waals surface area contributed by atoms with E-state index < -0.39 is 0 Å². The van der Waals surface area contributed by atoms with E-state index in [2.05, 4.69) is 10.6 Å². The lowest BCUT2D eigenvalue weighted by atomic mass is 10.3. The lowest BCUT2D eigenvalue weighted by molar-refractivity contribution is 0.286. The number of rotatable bonds is 7. The molecule has 0 bridgehead atoms.